The zero-order valence-corrected chi connectivity index (χ0v) is 15.5. The smallest absolute Gasteiger partial charge is 0.419 e. The molecule has 28 heavy (non-hydrogen) atoms. The first-order chi connectivity index (χ1) is 13.5. The molecule has 0 bridgehead atoms. The third-order valence-corrected chi connectivity index (χ3v) is 4.13. The number of fused-ring (bicyclic) bond motifs is 1. The molecule has 0 aliphatic rings. The van der Waals surface area contributed by atoms with Crippen molar-refractivity contribution in [2.75, 3.05) is 12.4 Å². The van der Waals surface area contributed by atoms with Gasteiger partial charge in [0, 0.05) is 18.3 Å². The van der Waals surface area contributed by atoms with E-state index in [2.05, 4.69) is 5.32 Å². The van der Waals surface area contributed by atoms with Gasteiger partial charge in [-0.1, -0.05) is 18.2 Å². The molecule has 0 aliphatic heterocycles. The number of carbonyl (C=O) groups excluding carboxylic acids is 2. The summed E-state index contributed by atoms with van der Waals surface area (Å²) in [5.74, 6) is -1.00. The number of anilines is 1. The van der Waals surface area contributed by atoms with Crippen molar-refractivity contribution in [1.82, 2.24) is 4.57 Å². The number of benzene rings is 2. The van der Waals surface area contributed by atoms with Gasteiger partial charge in [0.25, 0.3) is 5.91 Å². The van der Waals surface area contributed by atoms with Gasteiger partial charge in [0.15, 0.2) is 11.7 Å². The molecular formula is C20H20N2O6. The quantitative estimate of drug-likeness (QED) is 0.629. The number of nitrogens with zero attached hydrogens (tertiary/aromatic N) is 1. The lowest BCUT2D eigenvalue weighted by molar-refractivity contribution is -0.153. The van der Waals surface area contributed by atoms with Crippen LogP contribution in [-0.4, -0.2) is 29.7 Å². The second-order valence-electron chi connectivity index (χ2n) is 6.09. The number of hydrogen-bond acceptors (Lipinski definition) is 6. The van der Waals surface area contributed by atoms with Crippen molar-refractivity contribution >= 4 is 28.7 Å². The Hall–Kier alpha value is -3.55. The molecule has 1 amide bonds. The fourth-order valence-electron chi connectivity index (χ4n) is 2.68. The van der Waals surface area contributed by atoms with E-state index in [0.717, 1.165) is 0 Å². The molecule has 0 radical (unpaired) electrons. The van der Waals surface area contributed by atoms with E-state index >= 15 is 0 Å². The van der Waals surface area contributed by atoms with E-state index in [9.17, 15) is 14.4 Å². The molecule has 1 atom stereocenters. The van der Waals surface area contributed by atoms with E-state index in [1.807, 2.05) is 0 Å². The number of nitrogens with one attached hydrogen (secondary N) is 1. The van der Waals surface area contributed by atoms with E-state index in [-0.39, 0.29) is 13.0 Å². The monoisotopic (exact) mass is 384 g/mol. The van der Waals surface area contributed by atoms with Crippen LogP contribution in [0.25, 0.3) is 11.1 Å². The van der Waals surface area contributed by atoms with Crippen molar-refractivity contribution in [2.45, 2.75) is 26.0 Å². The molecule has 8 nitrogen and oxygen atoms in total. The fraction of sp³-hybridized carbons (Fsp3) is 0.250. The third-order valence-electron chi connectivity index (χ3n) is 4.13. The van der Waals surface area contributed by atoms with Gasteiger partial charge in [0.1, 0.15) is 5.75 Å². The largest absolute Gasteiger partial charge is 0.497 e. The van der Waals surface area contributed by atoms with Crippen LogP contribution in [-0.2, 0) is 20.9 Å². The summed E-state index contributed by atoms with van der Waals surface area (Å²) in [6.45, 7) is 1.58. The van der Waals surface area contributed by atoms with Crippen molar-refractivity contribution < 1.29 is 23.5 Å². The number of hydrogen-bond donors (Lipinski definition) is 1. The summed E-state index contributed by atoms with van der Waals surface area (Å²) in [5, 5.41) is 2.66. The number of amides is 1. The highest BCUT2D eigenvalue weighted by molar-refractivity contribution is 5.95. The molecular weight excluding hydrogens is 364 g/mol. The summed E-state index contributed by atoms with van der Waals surface area (Å²) in [6, 6.07) is 13.8. The van der Waals surface area contributed by atoms with Gasteiger partial charge in [-0.3, -0.25) is 14.2 Å². The predicted molar refractivity (Wildman–Crippen MR) is 102 cm³/mol. The summed E-state index contributed by atoms with van der Waals surface area (Å²) >= 11 is 0. The molecule has 0 spiro atoms. The second kappa shape index (κ2) is 8.43. The summed E-state index contributed by atoms with van der Waals surface area (Å²) in [6.07, 6.45) is -1.06. The van der Waals surface area contributed by atoms with Crippen molar-refractivity contribution in [3.05, 3.63) is 59.1 Å². The minimum atomic E-state index is -0.989. The molecule has 3 aromatic rings. The Kier molecular flexibility index (Phi) is 5.78. The number of carbonyl (C=O) groups is 2. The van der Waals surface area contributed by atoms with Gasteiger partial charge >= 0.3 is 11.7 Å². The van der Waals surface area contributed by atoms with Crippen molar-refractivity contribution in [1.29, 1.82) is 0 Å². The molecule has 8 heteroatoms. The van der Waals surface area contributed by atoms with Crippen LogP contribution in [0, 0.1) is 0 Å². The molecule has 1 N–H and O–H groups in total. The zero-order valence-electron chi connectivity index (χ0n) is 15.5. The van der Waals surface area contributed by atoms with Gasteiger partial charge < -0.3 is 19.2 Å². The van der Waals surface area contributed by atoms with Gasteiger partial charge in [-0.25, -0.2) is 4.79 Å². The molecule has 1 heterocycles. The maximum atomic E-state index is 12.2. The highest BCUT2D eigenvalue weighted by atomic mass is 16.5. The van der Waals surface area contributed by atoms with Gasteiger partial charge in [-0.2, -0.15) is 0 Å². The molecule has 2 aromatic carbocycles. The second-order valence-corrected chi connectivity index (χ2v) is 6.09. The van der Waals surface area contributed by atoms with Crippen molar-refractivity contribution in [2.24, 2.45) is 0 Å². The maximum absolute atomic E-state index is 12.2. The molecule has 146 valence electrons. The number of methoxy groups -OCH3 is 1. The van der Waals surface area contributed by atoms with Crippen LogP contribution < -0.4 is 15.8 Å². The van der Waals surface area contributed by atoms with Crippen LogP contribution in [0.5, 0.6) is 5.75 Å². The zero-order chi connectivity index (χ0) is 20.1. The van der Waals surface area contributed by atoms with Gasteiger partial charge in [0.2, 0.25) is 0 Å². The third kappa shape index (κ3) is 4.40. The Morgan fingerprint density at radius 3 is 2.75 bits per heavy atom. The molecule has 0 saturated carbocycles. The Morgan fingerprint density at radius 2 is 1.96 bits per heavy atom. The van der Waals surface area contributed by atoms with Crippen molar-refractivity contribution in [3.8, 4) is 5.75 Å². The van der Waals surface area contributed by atoms with Crippen LogP contribution in [0.1, 0.15) is 13.3 Å². The number of aromatic nitrogens is 1. The SMILES string of the molecule is COc1cccc(NC(=O)[C@@H](C)OC(=O)CCn2c(=O)oc3ccccc32)c1. The van der Waals surface area contributed by atoms with Crippen LogP contribution in [0.2, 0.25) is 0 Å². The van der Waals surface area contributed by atoms with E-state index in [4.69, 9.17) is 13.9 Å². The van der Waals surface area contributed by atoms with Crippen LogP contribution >= 0.6 is 0 Å². The van der Waals surface area contributed by atoms with Crippen molar-refractivity contribution in [3.63, 3.8) is 0 Å². The Labute approximate surface area is 160 Å². The number of oxazole rings is 1. The summed E-state index contributed by atoms with van der Waals surface area (Å²) in [5.41, 5.74) is 1.58. The van der Waals surface area contributed by atoms with E-state index in [1.54, 1.807) is 48.5 Å². The molecule has 3 rings (SSSR count). The highest BCUT2D eigenvalue weighted by Crippen LogP contribution is 2.17. The van der Waals surface area contributed by atoms with E-state index in [1.165, 1.54) is 18.6 Å². The first-order valence-electron chi connectivity index (χ1n) is 8.70. The summed E-state index contributed by atoms with van der Waals surface area (Å²) in [4.78, 5) is 36.2. The lowest BCUT2D eigenvalue weighted by Gasteiger charge is -2.14. The molecule has 0 fully saturated rings. The van der Waals surface area contributed by atoms with Gasteiger partial charge in [-0.05, 0) is 31.2 Å². The number of esters is 1. The summed E-state index contributed by atoms with van der Waals surface area (Å²) < 4.78 is 16.7. The number of ether oxygens (including phenoxy) is 2. The first kappa shape index (κ1) is 19.2. The van der Waals surface area contributed by atoms with Crippen LogP contribution in [0.15, 0.2) is 57.7 Å². The highest BCUT2D eigenvalue weighted by Gasteiger charge is 2.19. The fourth-order valence-corrected chi connectivity index (χ4v) is 2.68. The first-order valence-corrected chi connectivity index (χ1v) is 8.70. The van der Waals surface area contributed by atoms with E-state index < -0.39 is 23.7 Å². The Balaban J connectivity index is 1.55. The minimum absolute atomic E-state index is 0.0692. The number of para-hydroxylation sites is 2. The summed E-state index contributed by atoms with van der Waals surface area (Å²) in [7, 11) is 1.53. The van der Waals surface area contributed by atoms with Crippen LogP contribution in [0.4, 0.5) is 5.69 Å². The van der Waals surface area contributed by atoms with E-state index in [0.29, 0.717) is 22.5 Å². The number of aryl methyl sites for hydroxylation is 1. The molecule has 1 aromatic heterocycles. The standard InChI is InChI=1S/C20H20N2O6/c1-13(19(24)21-14-6-5-7-15(12-14)26-2)27-18(23)10-11-22-16-8-3-4-9-17(16)28-20(22)25/h3-9,12-13H,10-11H2,1-2H3,(H,21,24)/t13-/m1/s1. The minimum Gasteiger partial charge on any atom is -0.497 e. The van der Waals surface area contributed by atoms with Crippen LogP contribution in [0.3, 0.4) is 0 Å². The number of rotatable bonds is 7. The molecule has 0 saturated heterocycles. The maximum Gasteiger partial charge on any atom is 0.419 e. The predicted octanol–water partition coefficient (Wildman–Crippen LogP) is 2.56. The topological polar surface area (TPSA) is 99.8 Å². The Bertz CT molecular complexity index is 1050. The lowest BCUT2D eigenvalue weighted by Crippen LogP contribution is -2.30. The van der Waals surface area contributed by atoms with Gasteiger partial charge in [-0.15, -0.1) is 0 Å². The molecule has 0 unspecified atom stereocenters. The van der Waals surface area contributed by atoms with Gasteiger partial charge in [0.05, 0.1) is 19.0 Å². The Morgan fingerprint density at radius 1 is 1.18 bits per heavy atom. The normalized spacial score (nSPS) is 11.8. The average molecular weight is 384 g/mol. The average Bonchev–Trinajstić information content (AvgIpc) is 3.01. The lowest BCUT2D eigenvalue weighted by atomic mass is 10.2. The molecule has 0 aliphatic carbocycles.